The number of hydrogen-bond donors (Lipinski definition) is 0. The molecule has 0 aliphatic carbocycles. The molecule has 2 saturated heterocycles. The number of piperazine rings is 1. The molecule has 0 atom stereocenters. The molecule has 1 aromatic carbocycles. The Balaban J connectivity index is 1.43. The zero-order valence-electron chi connectivity index (χ0n) is 16.6. The average Bonchev–Trinajstić information content (AvgIpc) is 3.45. The molecule has 1 aromatic heterocycles. The maximum absolute atomic E-state index is 13.0. The molecule has 4 rings (SSSR count). The Morgan fingerprint density at radius 2 is 1.65 bits per heavy atom. The quantitative estimate of drug-likeness (QED) is 0.682. The highest BCUT2D eigenvalue weighted by Crippen LogP contribution is 2.32. The first kappa shape index (κ1) is 22.1. The van der Waals surface area contributed by atoms with Crippen molar-refractivity contribution in [3.63, 3.8) is 0 Å². The molecule has 2 fully saturated rings. The van der Waals surface area contributed by atoms with Gasteiger partial charge in [0.25, 0.3) is 15.9 Å². The van der Waals surface area contributed by atoms with Gasteiger partial charge in [-0.1, -0.05) is 6.07 Å². The van der Waals surface area contributed by atoms with E-state index in [1.165, 1.54) is 16.4 Å². The first-order chi connectivity index (χ1) is 14.7. The fraction of sp³-hybridized carbons (Fsp3) is 0.450. The van der Waals surface area contributed by atoms with Gasteiger partial charge < -0.3 is 9.80 Å². The van der Waals surface area contributed by atoms with Crippen LogP contribution >= 0.6 is 11.3 Å². The Labute approximate surface area is 182 Å². The third kappa shape index (κ3) is 4.58. The monoisotopic (exact) mass is 473 g/mol. The van der Waals surface area contributed by atoms with Crippen LogP contribution < -0.4 is 4.90 Å². The summed E-state index contributed by atoms with van der Waals surface area (Å²) < 4.78 is 66.4. The summed E-state index contributed by atoms with van der Waals surface area (Å²) in [6.45, 7) is 2.26. The summed E-state index contributed by atoms with van der Waals surface area (Å²) in [6, 6.07) is 6.47. The summed E-state index contributed by atoms with van der Waals surface area (Å²) in [7, 11) is -3.76. The van der Waals surface area contributed by atoms with Gasteiger partial charge in [0.05, 0.1) is 11.1 Å². The normalized spacial score (nSPS) is 18.5. The van der Waals surface area contributed by atoms with Gasteiger partial charge in [0, 0.05) is 50.3 Å². The van der Waals surface area contributed by atoms with Crippen molar-refractivity contribution in [3.8, 4) is 0 Å². The molecule has 0 N–H and O–H groups in total. The first-order valence-corrected chi connectivity index (χ1v) is 12.3. The van der Waals surface area contributed by atoms with Crippen molar-refractivity contribution < 1.29 is 26.4 Å². The van der Waals surface area contributed by atoms with Crippen molar-refractivity contribution in [1.82, 2.24) is 9.21 Å². The summed E-state index contributed by atoms with van der Waals surface area (Å²) in [5.41, 5.74) is 0.0726. The molecule has 0 spiro atoms. The minimum Gasteiger partial charge on any atom is -0.369 e. The fourth-order valence-electron chi connectivity index (χ4n) is 3.86. The number of amides is 1. The molecule has 168 valence electrons. The van der Waals surface area contributed by atoms with Crippen LogP contribution in [0.5, 0.6) is 0 Å². The highest BCUT2D eigenvalue weighted by Gasteiger charge is 2.33. The van der Waals surface area contributed by atoms with Crippen molar-refractivity contribution in [3.05, 3.63) is 46.8 Å². The number of hydrogen-bond acceptors (Lipinski definition) is 5. The van der Waals surface area contributed by atoms with Crippen molar-refractivity contribution in [2.75, 3.05) is 44.2 Å². The van der Waals surface area contributed by atoms with Gasteiger partial charge in [0.15, 0.2) is 0 Å². The van der Waals surface area contributed by atoms with Gasteiger partial charge in [-0.2, -0.15) is 17.5 Å². The summed E-state index contributed by atoms with van der Waals surface area (Å²) in [5, 5.41) is 1.58. The molecule has 2 aliphatic heterocycles. The topological polar surface area (TPSA) is 60.9 Å². The van der Waals surface area contributed by atoms with Gasteiger partial charge in [-0.05, 0) is 37.1 Å². The molecular weight excluding hydrogens is 451 g/mol. The molecule has 2 aromatic rings. The van der Waals surface area contributed by atoms with Gasteiger partial charge in [0.2, 0.25) is 0 Å². The van der Waals surface area contributed by atoms with E-state index in [1.54, 1.807) is 21.2 Å². The first-order valence-electron chi connectivity index (χ1n) is 9.96. The number of thiophene rings is 1. The molecule has 0 saturated carbocycles. The van der Waals surface area contributed by atoms with E-state index in [0.29, 0.717) is 24.3 Å². The van der Waals surface area contributed by atoms with Crippen molar-refractivity contribution in [2.24, 2.45) is 0 Å². The van der Waals surface area contributed by atoms with Crippen LogP contribution in [0.2, 0.25) is 0 Å². The lowest BCUT2D eigenvalue weighted by molar-refractivity contribution is -0.137. The van der Waals surface area contributed by atoms with Crippen molar-refractivity contribution in [1.29, 1.82) is 0 Å². The molecule has 3 heterocycles. The Kier molecular flexibility index (Phi) is 6.01. The Hall–Kier alpha value is -2.11. The molecule has 11 heteroatoms. The SMILES string of the molecule is O=C(c1csc(S(=O)(=O)N2CCN(c3cccc(C(F)(F)F)c3)CC2)c1)N1CCCC1. The van der Waals surface area contributed by atoms with E-state index < -0.39 is 21.8 Å². The van der Waals surface area contributed by atoms with Crippen LogP contribution in [0.15, 0.2) is 39.9 Å². The fourth-order valence-corrected chi connectivity index (χ4v) is 6.59. The lowest BCUT2D eigenvalue weighted by atomic mass is 10.1. The molecule has 0 unspecified atom stereocenters. The zero-order chi connectivity index (χ0) is 22.2. The van der Waals surface area contributed by atoms with Crippen LogP contribution in [0.4, 0.5) is 18.9 Å². The highest BCUT2D eigenvalue weighted by molar-refractivity contribution is 7.91. The van der Waals surface area contributed by atoms with Crippen LogP contribution in [0.1, 0.15) is 28.8 Å². The minimum atomic E-state index is -4.43. The molecule has 0 bridgehead atoms. The van der Waals surface area contributed by atoms with Crippen molar-refractivity contribution >= 4 is 33.0 Å². The average molecular weight is 474 g/mol. The maximum Gasteiger partial charge on any atom is 0.416 e. The van der Waals surface area contributed by atoms with E-state index in [4.69, 9.17) is 0 Å². The van der Waals surface area contributed by atoms with E-state index in [0.717, 1.165) is 36.3 Å². The van der Waals surface area contributed by atoms with E-state index in [9.17, 15) is 26.4 Å². The Bertz CT molecular complexity index is 1050. The number of rotatable bonds is 4. The molecule has 0 radical (unpaired) electrons. The van der Waals surface area contributed by atoms with Crippen LogP contribution in [-0.4, -0.2) is 62.8 Å². The number of nitrogens with zero attached hydrogens (tertiary/aromatic N) is 3. The van der Waals surface area contributed by atoms with Gasteiger partial charge in [0.1, 0.15) is 4.21 Å². The number of halogens is 3. The van der Waals surface area contributed by atoms with Gasteiger partial charge in [-0.25, -0.2) is 8.42 Å². The van der Waals surface area contributed by atoms with Gasteiger partial charge >= 0.3 is 6.18 Å². The second kappa shape index (κ2) is 8.44. The molecular formula is C20H22F3N3O3S2. The maximum atomic E-state index is 13.0. The molecule has 6 nitrogen and oxygen atoms in total. The van der Waals surface area contributed by atoms with Crippen molar-refractivity contribution in [2.45, 2.75) is 23.2 Å². The van der Waals surface area contributed by atoms with E-state index in [1.807, 2.05) is 0 Å². The van der Waals surface area contributed by atoms with Gasteiger partial charge in [-0.3, -0.25) is 4.79 Å². The highest BCUT2D eigenvalue weighted by atomic mass is 32.2. The molecule has 1 amide bonds. The third-order valence-corrected chi connectivity index (χ3v) is 8.90. The number of carbonyl (C=O) groups is 1. The number of anilines is 1. The van der Waals surface area contributed by atoms with E-state index in [2.05, 4.69) is 0 Å². The lowest BCUT2D eigenvalue weighted by Crippen LogP contribution is -2.48. The predicted molar refractivity (Wildman–Crippen MR) is 112 cm³/mol. The zero-order valence-corrected chi connectivity index (χ0v) is 18.3. The summed E-state index contributed by atoms with van der Waals surface area (Å²) in [4.78, 5) is 16.0. The van der Waals surface area contributed by atoms with Crippen LogP contribution in [0.25, 0.3) is 0 Å². The summed E-state index contributed by atoms with van der Waals surface area (Å²) in [6.07, 6.45) is -2.51. The van der Waals surface area contributed by atoms with Crippen LogP contribution in [0.3, 0.4) is 0 Å². The second-order valence-corrected chi connectivity index (χ2v) is 10.7. The number of alkyl halides is 3. The number of benzene rings is 1. The lowest BCUT2D eigenvalue weighted by Gasteiger charge is -2.35. The van der Waals surface area contributed by atoms with E-state index >= 15 is 0 Å². The predicted octanol–water partition coefficient (Wildman–Crippen LogP) is 3.51. The molecule has 2 aliphatic rings. The summed E-state index contributed by atoms with van der Waals surface area (Å²) >= 11 is 1.02. The smallest absolute Gasteiger partial charge is 0.369 e. The minimum absolute atomic E-state index is 0.113. The number of sulfonamides is 1. The van der Waals surface area contributed by atoms with Gasteiger partial charge in [-0.15, -0.1) is 11.3 Å². The summed E-state index contributed by atoms with van der Waals surface area (Å²) in [5.74, 6) is -0.149. The molecule has 31 heavy (non-hydrogen) atoms. The number of likely N-dealkylation sites (tertiary alicyclic amines) is 1. The third-order valence-electron chi connectivity index (χ3n) is 5.59. The number of carbonyl (C=O) groups excluding carboxylic acids is 1. The van der Waals surface area contributed by atoms with Crippen LogP contribution in [-0.2, 0) is 16.2 Å². The van der Waals surface area contributed by atoms with E-state index in [-0.39, 0.29) is 36.3 Å². The Morgan fingerprint density at radius 3 is 2.29 bits per heavy atom. The largest absolute Gasteiger partial charge is 0.416 e. The Morgan fingerprint density at radius 1 is 0.968 bits per heavy atom. The van der Waals surface area contributed by atoms with Crippen LogP contribution in [0, 0.1) is 0 Å². The standard InChI is InChI=1S/C20H22F3N3O3S2/c21-20(22,23)16-4-3-5-17(13-16)24-8-10-26(11-9-24)31(28,29)18-12-15(14-30-18)19(27)25-6-1-2-7-25/h3-5,12-14H,1-2,6-11H2. The second-order valence-electron chi connectivity index (χ2n) is 7.59.